The van der Waals surface area contributed by atoms with Crippen molar-refractivity contribution in [2.24, 2.45) is 0 Å². The fourth-order valence-electron chi connectivity index (χ4n) is 2.87. The van der Waals surface area contributed by atoms with Gasteiger partial charge in [0, 0.05) is 37.6 Å². The Morgan fingerprint density at radius 1 is 1.27 bits per heavy atom. The van der Waals surface area contributed by atoms with Crippen LogP contribution in [0.1, 0.15) is 22.0 Å². The van der Waals surface area contributed by atoms with Gasteiger partial charge in [0.25, 0.3) is 5.91 Å². The summed E-state index contributed by atoms with van der Waals surface area (Å²) in [6.07, 6.45) is 3.45. The lowest BCUT2D eigenvalue weighted by atomic mass is 10.1. The van der Waals surface area contributed by atoms with Crippen LogP contribution < -0.4 is 10.6 Å². The van der Waals surface area contributed by atoms with Crippen LogP contribution >= 0.6 is 23.2 Å². The predicted octanol–water partition coefficient (Wildman–Crippen LogP) is 2.29. The minimum Gasteiger partial charge on any atom is -0.343 e. The lowest BCUT2D eigenvalue weighted by Gasteiger charge is -2.36. The van der Waals surface area contributed by atoms with Crippen molar-refractivity contribution >= 4 is 35.0 Å². The van der Waals surface area contributed by atoms with Crippen molar-refractivity contribution in [3.63, 3.8) is 0 Å². The first-order valence-electron chi connectivity index (χ1n) is 8.19. The minimum absolute atomic E-state index is 0.0875. The van der Waals surface area contributed by atoms with Gasteiger partial charge in [0.2, 0.25) is 5.91 Å². The number of carbonyl (C=O) groups excluding carboxylic acids is 2. The number of nitrogens with one attached hydrogen (secondary N) is 2. The molecule has 1 aromatic carbocycles. The normalized spacial score (nSPS) is 17.0. The molecule has 136 valence electrons. The number of benzene rings is 1. The zero-order valence-corrected chi connectivity index (χ0v) is 15.4. The lowest BCUT2D eigenvalue weighted by Crippen LogP contribution is -2.51. The summed E-state index contributed by atoms with van der Waals surface area (Å²) in [5.74, 6) is -0.515. The van der Waals surface area contributed by atoms with Gasteiger partial charge in [-0.05, 0) is 29.8 Å². The number of pyridine rings is 1. The number of aromatic nitrogens is 1. The molecule has 2 aromatic rings. The van der Waals surface area contributed by atoms with Crippen molar-refractivity contribution < 1.29 is 9.59 Å². The van der Waals surface area contributed by atoms with E-state index in [9.17, 15) is 9.59 Å². The molecule has 1 saturated heterocycles. The molecule has 0 bridgehead atoms. The van der Waals surface area contributed by atoms with Crippen molar-refractivity contribution in [1.29, 1.82) is 0 Å². The topological polar surface area (TPSA) is 74.3 Å². The van der Waals surface area contributed by atoms with Gasteiger partial charge >= 0.3 is 0 Å². The minimum atomic E-state index is -0.370. The van der Waals surface area contributed by atoms with E-state index in [1.807, 2.05) is 12.1 Å². The molecule has 2 heterocycles. The van der Waals surface area contributed by atoms with Crippen molar-refractivity contribution in [3.05, 3.63) is 63.9 Å². The molecule has 6 nitrogen and oxygen atoms in total. The summed E-state index contributed by atoms with van der Waals surface area (Å²) in [6, 6.07) is 8.28. The van der Waals surface area contributed by atoms with E-state index in [2.05, 4.69) is 15.6 Å². The SMILES string of the molecule is O=C(NCC(=O)N1CCNCC1c1cccnc1)c1ccc(Cl)c(Cl)c1. The highest BCUT2D eigenvalue weighted by molar-refractivity contribution is 6.42. The second-order valence-corrected chi connectivity index (χ2v) is 6.72. The van der Waals surface area contributed by atoms with Crippen LogP contribution in [0.25, 0.3) is 0 Å². The Balaban J connectivity index is 1.64. The average Bonchev–Trinajstić information content (AvgIpc) is 2.68. The molecule has 0 spiro atoms. The van der Waals surface area contributed by atoms with E-state index in [0.29, 0.717) is 35.2 Å². The van der Waals surface area contributed by atoms with E-state index < -0.39 is 0 Å². The van der Waals surface area contributed by atoms with Gasteiger partial charge in [0.1, 0.15) is 0 Å². The third kappa shape index (κ3) is 4.33. The van der Waals surface area contributed by atoms with E-state index in [0.717, 1.165) is 5.56 Å². The molecule has 2 amide bonds. The molecule has 26 heavy (non-hydrogen) atoms. The second kappa shape index (κ2) is 8.49. The molecule has 1 atom stereocenters. The van der Waals surface area contributed by atoms with Crippen LogP contribution in [0.5, 0.6) is 0 Å². The molecule has 1 aliphatic heterocycles. The van der Waals surface area contributed by atoms with Crippen LogP contribution in [0.15, 0.2) is 42.7 Å². The van der Waals surface area contributed by atoms with E-state index in [-0.39, 0.29) is 24.4 Å². The standard InChI is InChI=1S/C18H18Cl2N4O2/c19-14-4-3-12(8-15(14)20)18(26)23-11-17(25)24-7-6-22-10-16(24)13-2-1-5-21-9-13/h1-5,8-9,16,22H,6-7,10-11H2,(H,23,26). The van der Waals surface area contributed by atoms with Crippen molar-refractivity contribution in [1.82, 2.24) is 20.5 Å². The molecule has 1 unspecified atom stereocenters. The molecule has 1 aliphatic rings. The van der Waals surface area contributed by atoms with E-state index >= 15 is 0 Å². The maximum Gasteiger partial charge on any atom is 0.251 e. The Labute approximate surface area is 161 Å². The average molecular weight is 393 g/mol. The highest BCUT2D eigenvalue weighted by Crippen LogP contribution is 2.23. The Kier molecular flexibility index (Phi) is 6.08. The molecule has 0 aliphatic carbocycles. The maximum absolute atomic E-state index is 12.7. The quantitative estimate of drug-likeness (QED) is 0.836. The lowest BCUT2D eigenvalue weighted by molar-refractivity contribution is -0.133. The van der Waals surface area contributed by atoms with E-state index in [1.54, 1.807) is 29.4 Å². The molecule has 3 rings (SSSR count). The van der Waals surface area contributed by atoms with Gasteiger partial charge in [-0.2, -0.15) is 0 Å². The zero-order chi connectivity index (χ0) is 18.5. The largest absolute Gasteiger partial charge is 0.343 e. The molecule has 1 fully saturated rings. The fourth-order valence-corrected chi connectivity index (χ4v) is 3.17. The number of carbonyl (C=O) groups is 2. The van der Waals surface area contributed by atoms with Crippen LogP contribution in [-0.2, 0) is 4.79 Å². The molecule has 0 radical (unpaired) electrons. The molecule has 1 aromatic heterocycles. The Bertz CT molecular complexity index is 801. The summed E-state index contributed by atoms with van der Waals surface area (Å²) in [6.45, 7) is 1.85. The Morgan fingerprint density at radius 2 is 2.12 bits per heavy atom. The highest BCUT2D eigenvalue weighted by Gasteiger charge is 2.28. The van der Waals surface area contributed by atoms with Gasteiger partial charge in [-0.3, -0.25) is 14.6 Å². The second-order valence-electron chi connectivity index (χ2n) is 5.90. The van der Waals surface area contributed by atoms with Crippen LogP contribution in [0.4, 0.5) is 0 Å². The predicted molar refractivity (Wildman–Crippen MR) is 100 cm³/mol. The van der Waals surface area contributed by atoms with Gasteiger partial charge in [-0.15, -0.1) is 0 Å². The first-order chi connectivity index (χ1) is 12.6. The molecule has 8 heteroatoms. The Hall–Kier alpha value is -2.15. The van der Waals surface area contributed by atoms with Crippen LogP contribution in [0, 0.1) is 0 Å². The summed E-state index contributed by atoms with van der Waals surface area (Å²) < 4.78 is 0. The van der Waals surface area contributed by atoms with E-state index in [1.165, 1.54) is 6.07 Å². The number of hydrogen-bond donors (Lipinski definition) is 2. The zero-order valence-electron chi connectivity index (χ0n) is 13.9. The van der Waals surface area contributed by atoms with Gasteiger partial charge in [0.05, 0.1) is 22.6 Å². The number of hydrogen-bond acceptors (Lipinski definition) is 4. The number of nitrogens with zero attached hydrogens (tertiary/aromatic N) is 2. The summed E-state index contributed by atoms with van der Waals surface area (Å²) >= 11 is 11.8. The van der Waals surface area contributed by atoms with Crippen LogP contribution in [0.3, 0.4) is 0 Å². The monoisotopic (exact) mass is 392 g/mol. The third-order valence-electron chi connectivity index (χ3n) is 4.21. The van der Waals surface area contributed by atoms with Crippen molar-refractivity contribution in [3.8, 4) is 0 Å². The van der Waals surface area contributed by atoms with Gasteiger partial charge in [-0.25, -0.2) is 0 Å². The molecular formula is C18H18Cl2N4O2. The smallest absolute Gasteiger partial charge is 0.251 e. The number of halogens is 2. The number of piperazine rings is 1. The van der Waals surface area contributed by atoms with Gasteiger partial charge in [-0.1, -0.05) is 29.3 Å². The third-order valence-corrected chi connectivity index (χ3v) is 4.95. The fraction of sp³-hybridized carbons (Fsp3) is 0.278. The Morgan fingerprint density at radius 3 is 2.85 bits per heavy atom. The maximum atomic E-state index is 12.7. The van der Waals surface area contributed by atoms with E-state index in [4.69, 9.17) is 23.2 Å². The van der Waals surface area contributed by atoms with Crippen LogP contribution in [0.2, 0.25) is 10.0 Å². The summed E-state index contributed by atoms with van der Waals surface area (Å²) in [7, 11) is 0. The number of rotatable bonds is 4. The van der Waals surface area contributed by atoms with Crippen molar-refractivity contribution in [2.75, 3.05) is 26.2 Å². The molecule has 0 saturated carbocycles. The van der Waals surface area contributed by atoms with Crippen LogP contribution in [-0.4, -0.2) is 47.9 Å². The summed E-state index contributed by atoms with van der Waals surface area (Å²) in [5.41, 5.74) is 1.32. The van der Waals surface area contributed by atoms with Gasteiger partial charge < -0.3 is 15.5 Å². The summed E-state index contributed by atoms with van der Waals surface area (Å²) in [4.78, 5) is 30.8. The van der Waals surface area contributed by atoms with Crippen molar-refractivity contribution in [2.45, 2.75) is 6.04 Å². The first kappa shape index (κ1) is 18.6. The molecule has 2 N–H and O–H groups in total. The first-order valence-corrected chi connectivity index (χ1v) is 8.95. The molecular weight excluding hydrogens is 375 g/mol. The number of amides is 2. The summed E-state index contributed by atoms with van der Waals surface area (Å²) in [5, 5.41) is 6.60. The highest BCUT2D eigenvalue weighted by atomic mass is 35.5. The van der Waals surface area contributed by atoms with Gasteiger partial charge in [0.15, 0.2) is 0 Å².